The van der Waals surface area contributed by atoms with E-state index in [1.54, 1.807) is 18.3 Å². The fourth-order valence-electron chi connectivity index (χ4n) is 3.62. The number of hydrogen-bond acceptors (Lipinski definition) is 4. The highest BCUT2D eigenvalue weighted by Gasteiger charge is 2.34. The Bertz CT molecular complexity index is 971. The van der Waals surface area contributed by atoms with Crippen LogP contribution in [0.15, 0.2) is 42.6 Å². The van der Waals surface area contributed by atoms with E-state index in [0.29, 0.717) is 25.2 Å². The van der Waals surface area contributed by atoms with E-state index < -0.39 is 6.09 Å². The Kier molecular flexibility index (Phi) is 4.77. The zero-order chi connectivity index (χ0) is 19.7. The quantitative estimate of drug-likeness (QED) is 0.717. The molecule has 144 valence electrons. The maximum Gasteiger partial charge on any atom is 0.407 e. The number of likely N-dealkylation sites (tertiary alicyclic amines) is 1. The third-order valence-corrected chi connectivity index (χ3v) is 5.16. The molecule has 3 aromatic rings. The van der Waals surface area contributed by atoms with Gasteiger partial charge in [-0.05, 0) is 55.7 Å². The first-order valence-corrected chi connectivity index (χ1v) is 9.11. The summed E-state index contributed by atoms with van der Waals surface area (Å²) in [6.07, 6.45) is 2.05. The van der Waals surface area contributed by atoms with Gasteiger partial charge < -0.3 is 10.0 Å². The Morgan fingerprint density at radius 1 is 1.25 bits per heavy atom. The van der Waals surface area contributed by atoms with Gasteiger partial charge in [-0.25, -0.2) is 14.2 Å². The zero-order valence-corrected chi connectivity index (χ0v) is 15.3. The summed E-state index contributed by atoms with van der Waals surface area (Å²) in [5, 5.41) is 16.8. The third kappa shape index (κ3) is 3.58. The van der Waals surface area contributed by atoms with Crippen molar-refractivity contribution >= 4 is 6.09 Å². The largest absolute Gasteiger partial charge is 0.465 e. The van der Waals surface area contributed by atoms with Crippen LogP contribution in [0.2, 0.25) is 0 Å². The number of carboxylic acid groups (broad SMARTS) is 1. The summed E-state index contributed by atoms with van der Waals surface area (Å²) in [6.45, 7) is 2.30. The molecule has 2 unspecified atom stereocenters. The van der Waals surface area contributed by atoms with Crippen LogP contribution in [-0.4, -0.2) is 42.8 Å². The summed E-state index contributed by atoms with van der Waals surface area (Å²) < 4.78 is 13.1. The molecule has 4 rings (SSSR count). The van der Waals surface area contributed by atoms with Crippen molar-refractivity contribution in [2.75, 3.05) is 6.54 Å². The Balaban J connectivity index is 1.58. The average molecular weight is 381 g/mol. The molecule has 1 aromatic carbocycles. The smallest absolute Gasteiger partial charge is 0.407 e. The zero-order valence-electron chi connectivity index (χ0n) is 15.3. The van der Waals surface area contributed by atoms with Gasteiger partial charge in [-0.1, -0.05) is 6.07 Å². The van der Waals surface area contributed by atoms with E-state index in [9.17, 15) is 14.3 Å². The van der Waals surface area contributed by atoms with Crippen molar-refractivity contribution in [2.24, 2.45) is 0 Å². The van der Waals surface area contributed by atoms with Crippen LogP contribution < -0.4 is 0 Å². The number of aryl methyl sites for hydroxylation is 1. The van der Waals surface area contributed by atoms with E-state index in [1.165, 1.54) is 17.0 Å². The molecule has 0 radical (unpaired) electrons. The van der Waals surface area contributed by atoms with Gasteiger partial charge in [0.05, 0.1) is 6.04 Å². The number of hydrogen-bond donors (Lipinski definition) is 2. The second-order valence-corrected chi connectivity index (χ2v) is 7.00. The highest BCUT2D eigenvalue weighted by atomic mass is 19.1. The number of nitrogens with one attached hydrogen (secondary N) is 1. The third-order valence-electron chi connectivity index (χ3n) is 5.16. The predicted molar refractivity (Wildman–Crippen MR) is 100 cm³/mol. The van der Waals surface area contributed by atoms with Gasteiger partial charge in [0, 0.05) is 29.9 Å². The Labute approximate surface area is 161 Å². The van der Waals surface area contributed by atoms with Crippen LogP contribution in [0, 0.1) is 12.7 Å². The monoisotopic (exact) mass is 381 g/mol. The van der Waals surface area contributed by atoms with Crippen LogP contribution in [0.5, 0.6) is 0 Å². The molecule has 1 amide bonds. The van der Waals surface area contributed by atoms with Crippen molar-refractivity contribution in [1.82, 2.24) is 25.1 Å². The molecule has 3 heterocycles. The molecule has 0 aliphatic carbocycles. The van der Waals surface area contributed by atoms with Gasteiger partial charge in [0.2, 0.25) is 0 Å². The van der Waals surface area contributed by atoms with E-state index in [2.05, 4.69) is 20.2 Å². The number of pyridine rings is 1. The summed E-state index contributed by atoms with van der Waals surface area (Å²) >= 11 is 0. The van der Waals surface area contributed by atoms with Gasteiger partial charge in [0.1, 0.15) is 11.6 Å². The lowest BCUT2D eigenvalue weighted by atomic mass is 9.87. The Morgan fingerprint density at radius 2 is 2.04 bits per heavy atom. The minimum absolute atomic E-state index is 0.0450. The van der Waals surface area contributed by atoms with Crippen molar-refractivity contribution in [3.63, 3.8) is 0 Å². The van der Waals surface area contributed by atoms with Gasteiger partial charge >= 0.3 is 6.09 Å². The molecule has 1 saturated heterocycles. The van der Waals surface area contributed by atoms with Crippen molar-refractivity contribution < 1.29 is 14.3 Å². The normalized spacial score (nSPS) is 19.6. The number of aromatic nitrogens is 4. The van der Waals surface area contributed by atoms with Gasteiger partial charge in [-0.2, -0.15) is 5.10 Å². The number of halogens is 1. The van der Waals surface area contributed by atoms with Gasteiger partial charge in [0.15, 0.2) is 5.82 Å². The fraction of sp³-hybridized carbons (Fsp3) is 0.300. The molecule has 2 atom stereocenters. The highest BCUT2D eigenvalue weighted by Crippen LogP contribution is 2.38. The molecular weight excluding hydrogens is 361 g/mol. The second-order valence-electron chi connectivity index (χ2n) is 7.00. The summed E-state index contributed by atoms with van der Waals surface area (Å²) in [7, 11) is 0. The van der Waals surface area contributed by atoms with Crippen molar-refractivity contribution in [3.8, 4) is 11.4 Å². The summed E-state index contributed by atoms with van der Waals surface area (Å²) in [5.41, 5.74) is 2.49. The number of carbonyl (C=O) groups is 1. The first kappa shape index (κ1) is 18.1. The summed E-state index contributed by atoms with van der Waals surface area (Å²) in [5.74, 6) is 0.956. The number of aromatic amines is 1. The van der Waals surface area contributed by atoms with Crippen LogP contribution >= 0.6 is 0 Å². The van der Waals surface area contributed by atoms with Crippen molar-refractivity contribution in [3.05, 3.63) is 65.5 Å². The van der Waals surface area contributed by atoms with Gasteiger partial charge in [0.25, 0.3) is 0 Å². The summed E-state index contributed by atoms with van der Waals surface area (Å²) in [6, 6.07) is 9.54. The molecule has 1 aliphatic rings. The van der Waals surface area contributed by atoms with Crippen LogP contribution in [0.3, 0.4) is 0 Å². The molecule has 2 N–H and O–H groups in total. The fourth-order valence-corrected chi connectivity index (χ4v) is 3.62. The number of nitrogens with zero attached hydrogens (tertiary/aromatic N) is 4. The summed E-state index contributed by atoms with van der Waals surface area (Å²) in [4.78, 5) is 22.0. The standard InChI is InChI=1S/C20H20FN5O2/c1-12-2-3-15(11-22-12)17-10-14(8-9-26(17)20(27)28)19-23-18(24-25-19)13-4-6-16(21)7-5-13/h2-7,11,14,17H,8-10H2,1H3,(H,27,28)(H,23,24,25). The Hall–Kier alpha value is -3.29. The van der Waals surface area contributed by atoms with Crippen LogP contribution in [0.1, 0.15) is 41.9 Å². The molecule has 1 fully saturated rings. The SMILES string of the molecule is Cc1ccc(C2CC(c3nc(-c4ccc(F)cc4)n[nH]3)CCN2C(=O)O)cn1. The number of benzene rings is 1. The van der Waals surface area contributed by atoms with Gasteiger partial charge in [-0.3, -0.25) is 10.1 Å². The first-order chi connectivity index (χ1) is 13.5. The lowest BCUT2D eigenvalue weighted by Crippen LogP contribution is -2.40. The molecule has 7 nitrogen and oxygen atoms in total. The van der Waals surface area contributed by atoms with Crippen molar-refractivity contribution in [2.45, 2.75) is 31.7 Å². The lowest BCUT2D eigenvalue weighted by Gasteiger charge is -2.37. The van der Waals surface area contributed by atoms with E-state index in [4.69, 9.17) is 0 Å². The number of piperidine rings is 1. The highest BCUT2D eigenvalue weighted by molar-refractivity contribution is 5.66. The minimum atomic E-state index is -0.936. The number of H-pyrrole nitrogens is 1. The first-order valence-electron chi connectivity index (χ1n) is 9.11. The van der Waals surface area contributed by atoms with E-state index in [-0.39, 0.29) is 17.8 Å². The topological polar surface area (TPSA) is 95.0 Å². The van der Waals surface area contributed by atoms with E-state index in [0.717, 1.165) is 22.6 Å². The molecule has 1 aliphatic heterocycles. The molecule has 0 bridgehead atoms. The number of amides is 1. The maximum absolute atomic E-state index is 13.1. The Morgan fingerprint density at radius 3 is 2.71 bits per heavy atom. The molecular formula is C20H20FN5O2. The van der Waals surface area contributed by atoms with E-state index >= 15 is 0 Å². The van der Waals surface area contributed by atoms with Crippen LogP contribution in [-0.2, 0) is 0 Å². The van der Waals surface area contributed by atoms with Crippen LogP contribution in [0.25, 0.3) is 11.4 Å². The predicted octanol–water partition coefficient (Wildman–Crippen LogP) is 3.91. The molecule has 8 heteroatoms. The average Bonchev–Trinajstić information content (AvgIpc) is 3.19. The molecule has 28 heavy (non-hydrogen) atoms. The number of rotatable bonds is 3. The maximum atomic E-state index is 13.1. The molecule has 0 spiro atoms. The van der Waals surface area contributed by atoms with Crippen molar-refractivity contribution in [1.29, 1.82) is 0 Å². The minimum Gasteiger partial charge on any atom is -0.465 e. The van der Waals surface area contributed by atoms with E-state index in [1.807, 2.05) is 19.1 Å². The molecule has 2 aromatic heterocycles. The second kappa shape index (κ2) is 7.38. The molecule has 0 saturated carbocycles. The lowest BCUT2D eigenvalue weighted by molar-refractivity contribution is 0.0995. The van der Waals surface area contributed by atoms with Gasteiger partial charge in [-0.15, -0.1) is 0 Å². The van der Waals surface area contributed by atoms with Crippen LogP contribution in [0.4, 0.5) is 9.18 Å².